The fraction of sp³-hybridized carbons (Fsp3) is 0. The molecular formula is C11H8N4. The van der Waals surface area contributed by atoms with Crippen LogP contribution in [0.3, 0.4) is 0 Å². The van der Waals surface area contributed by atoms with E-state index in [1.807, 2.05) is 36.7 Å². The second-order valence-electron chi connectivity index (χ2n) is 2.56. The van der Waals surface area contributed by atoms with E-state index in [1.54, 1.807) is 0 Å². The molecule has 0 saturated heterocycles. The van der Waals surface area contributed by atoms with Crippen LogP contribution in [0.5, 0.6) is 0 Å². The van der Waals surface area contributed by atoms with Crippen molar-refractivity contribution in [1.29, 1.82) is 5.26 Å². The van der Waals surface area contributed by atoms with Crippen molar-refractivity contribution in [3.05, 3.63) is 48.1 Å². The minimum Gasteiger partial charge on any atom is -0.763 e. The molecule has 1 N–H and O–H groups in total. The zero-order chi connectivity index (χ0) is 10.9. The summed E-state index contributed by atoms with van der Waals surface area (Å²) in [4.78, 5) is 0. The molecule has 0 aliphatic heterocycles. The number of benzene rings is 1. The van der Waals surface area contributed by atoms with Crippen LogP contribution in [-0.2, 0) is 0 Å². The van der Waals surface area contributed by atoms with Gasteiger partial charge in [-0.3, -0.25) is 5.87 Å². The summed E-state index contributed by atoms with van der Waals surface area (Å²) in [6, 6.07) is 9.63. The summed E-state index contributed by atoms with van der Waals surface area (Å²) in [6.45, 7) is 0. The first-order chi connectivity index (χ1) is 7.38. The Morgan fingerprint density at radius 2 is 2.07 bits per heavy atom. The molecule has 4 heteroatoms. The Bertz CT molecular complexity index is 456. The van der Waals surface area contributed by atoms with Crippen molar-refractivity contribution in [2.45, 2.75) is 0 Å². The van der Waals surface area contributed by atoms with E-state index in [9.17, 15) is 0 Å². The maximum Gasteiger partial charge on any atom is 0.201 e. The van der Waals surface area contributed by atoms with Crippen LogP contribution in [0.1, 0.15) is 0 Å². The molecule has 0 amide bonds. The van der Waals surface area contributed by atoms with Crippen LogP contribution in [0.2, 0.25) is 0 Å². The van der Waals surface area contributed by atoms with E-state index >= 15 is 0 Å². The van der Waals surface area contributed by atoms with Gasteiger partial charge in [-0.25, -0.2) is 0 Å². The van der Waals surface area contributed by atoms with Crippen LogP contribution in [0, 0.1) is 11.3 Å². The molecule has 2 aromatic rings. The summed E-state index contributed by atoms with van der Waals surface area (Å²) in [5, 5.41) is 24.1. The van der Waals surface area contributed by atoms with Gasteiger partial charge in [0.2, 0.25) is 6.20 Å². The molecule has 0 saturated carbocycles. The molecule has 2 rings (SSSR count). The maximum atomic E-state index is 7.54. The van der Waals surface area contributed by atoms with Gasteiger partial charge in [0, 0.05) is 16.8 Å². The molecule has 0 radical (unpaired) electrons. The van der Waals surface area contributed by atoms with Gasteiger partial charge in [-0.15, -0.1) is 5.10 Å². The Balaban J connectivity index is 0.000000195. The Hall–Kier alpha value is -2.50. The van der Waals surface area contributed by atoms with E-state index < -0.39 is 0 Å². The molecule has 4 nitrogen and oxygen atoms in total. The number of nitrogens with one attached hydrogen (secondary N) is 1. The minimum atomic E-state index is 0.861. The molecule has 0 fully saturated rings. The number of aromatic nitrogens is 2. The van der Waals surface area contributed by atoms with Gasteiger partial charge < -0.3 is 5.41 Å². The average molecular weight is 196 g/mol. The second-order valence-corrected chi connectivity index (χ2v) is 2.56. The van der Waals surface area contributed by atoms with Crippen molar-refractivity contribution in [3.8, 4) is 6.07 Å². The van der Waals surface area contributed by atoms with E-state index in [0.29, 0.717) is 0 Å². The second kappa shape index (κ2) is 6.03. The van der Waals surface area contributed by atoms with Gasteiger partial charge >= 0.3 is 0 Å². The first-order valence-electron chi connectivity index (χ1n) is 4.20. The third-order valence-corrected chi connectivity index (χ3v) is 1.62. The summed E-state index contributed by atoms with van der Waals surface area (Å²) in [5.74, 6) is 1.53. The lowest BCUT2D eigenvalue weighted by atomic mass is 10.2. The van der Waals surface area contributed by atoms with E-state index in [0.717, 1.165) is 6.08 Å². The molecule has 1 heterocycles. The summed E-state index contributed by atoms with van der Waals surface area (Å²) >= 11 is 0. The Morgan fingerprint density at radius 1 is 1.33 bits per heavy atom. The van der Waals surface area contributed by atoms with Crippen molar-refractivity contribution in [1.82, 2.24) is 5.10 Å². The Kier molecular flexibility index (Phi) is 4.25. The number of allylic oxidation sites excluding steroid dienone is 1. The Morgan fingerprint density at radius 3 is 2.60 bits per heavy atom. The van der Waals surface area contributed by atoms with Gasteiger partial charge in [-0.1, -0.05) is 18.2 Å². The lowest BCUT2D eigenvalue weighted by molar-refractivity contribution is -0.453. The molecule has 0 spiro atoms. The molecule has 1 aromatic carbocycles. The number of rotatable bonds is 0. The Labute approximate surface area is 87.0 Å². The number of fused-ring (bicyclic) bond motifs is 1. The molecule has 0 aliphatic rings. The van der Waals surface area contributed by atoms with Crippen molar-refractivity contribution in [3.63, 3.8) is 0 Å². The number of nitrogens with zero attached hydrogens (tertiary/aromatic N) is 3. The van der Waals surface area contributed by atoms with Crippen molar-refractivity contribution >= 4 is 16.6 Å². The molecule has 72 valence electrons. The predicted octanol–water partition coefficient (Wildman–Crippen LogP) is 1.35. The minimum absolute atomic E-state index is 0.861. The molecule has 0 unspecified atom stereocenters. The first-order valence-corrected chi connectivity index (χ1v) is 4.20. The van der Waals surface area contributed by atoms with Crippen LogP contribution < -0.4 is 5.10 Å². The number of hydrogen-bond donors (Lipinski definition) is 0. The van der Waals surface area contributed by atoms with Gasteiger partial charge in [-0.05, 0) is 11.2 Å². The fourth-order valence-electron chi connectivity index (χ4n) is 1.00. The molecular weight excluding hydrogens is 188 g/mol. The van der Waals surface area contributed by atoms with Crippen LogP contribution in [0.4, 0.5) is 0 Å². The van der Waals surface area contributed by atoms with E-state index in [2.05, 4.69) is 10.2 Å². The topological polar surface area (TPSA) is 73.1 Å². The number of H-pyrrole nitrogens is 1. The predicted molar refractivity (Wildman–Crippen MR) is 56.8 cm³/mol. The van der Waals surface area contributed by atoms with Crippen LogP contribution in [-0.4, -0.2) is 11.0 Å². The van der Waals surface area contributed by atoms with E-state index in [-0.39, 0.29) is 0 Å². The first kappa shape index (κ1) is 10.6. The van der Waals surface area contributed by atoms with E-state index in [1.165, 1.54) is 22.7 Å². The van der Waals surface area contributed by atoms with Gasteiger partial charge in [-0.2, -0.15) is 5.26 Å². The third kappa shape index (κ3) is 3.39. The molecule has 0 bridgehead atoms. The van der Waals surface area contributed by atoms with Crippen LogP contribution in [0.25, 0.3) is 16.2 Å². The SMILES string of the molecule is N#CC=C=[N-].c1ccc2c[nH+]ncc2c1. The lowest BCUT2D eigenvalue weighted by Gasteiger charge is -1.86. The summed E-state index contributed by atoms with van der Waals surface area (Å²) in [5.41, 5.74) is 0. The largest absolute Gasteiger partial charge is 0.763 e. The summed E-state index contributed by atoms with van der Waals surface area (Å²) in [6.07, 6.45) is 4.56. The van der Waals surface area contributed by atoms with Gasteiger partial charge in [0.15, 0.2) is 0 Å². The highest BCUT2D eigenvalue weighted by atomic mass is 15.1. The van der Waals surface area contributed by atoms with Gasteiger partial charge in [0.1, 0.15) is 6.20 Å². The lowest BCUT2D eigenvalue weighted by Crippen LogP contribution is -2.04. The van der Waals surface area contributed by atoms with Crippen molar-refractivity contribution < 1.29 is 5.10 Å². The highest BCUT2D eigenvalue weighted by molar-refractivity contribution is 5.79. The quantitative estimate of drug-likeness (QED) is 0.471. The number of nitriles is 1. The summed E-state index contributed by atoms with van der Waals surface area (Å²) in [7, 11) is 0. The fourth-order valence-corrected chi connectivity index (χ4v) is 1.00. The van der Waals surface area contributed by atoms with Crippen LogP contribution in [0.15, 0.2) is 42.7 Å². The van der Waals surface area contributed by atoms with Crippen molar-refractivity contribution in [2.24, 2.45) is 0 Å². The zero-order valence-electron chi connectivity index (χ0n) is 7.88. The number of aromatic amines is 1. The maximum absolute atomic E-state index is 7.54. The van der Waals surface area contributed by atoms with Crippen LogP contribution >= 0.6 is 0 Å². The van der Waals surface area contributed by atoms with E-state index in [4.69, 9.17) is 10.7 Å². The normalized spacial score (nSPS) is 7.93. The van der Waals surface area contributed by atoms with Crippen molar-refractivity contribution in [2.75, 3.05) is 0 Å². The number of hydrogen-bond acceptors (Lipinski definition) is 2. The highest BCUT2D eigenvalue weighted by Crippen LogP contribution is 2.06. The van der Waals surface area contributed by atoms with Gasteiger partial charge in [0.25, 0.3) is 0 Å². The highest BCUT2D eigenvalue weighted by Gasteiger charge is 1.91. The molecule has 15 heavy (non-hydrogen) atoms. The smallest absolute Gasteiger partial charge is 0.201 e. The average Bonchev–Trinajstić information content (AvgIpc) is 2.31. The monoisotopic (exact) mass is 196 g/mol. The standard InChI is InChI=1S/C8H6N2.C3HN2/c1-2-4-8-6-10-9-5-7(8)3-1;4-2-1-3-5/h1-6H;1H/q;-1/p+1. The molecule has 1 aromatic heterocycles. The zero-order valence-corrected chi connectivity index (χ0v) is 7.88. The van der Waals surface area contributed by atoms with Gasteiger partial charge in [0.05, 0.1) is 6.07 Å². The summed E-state index contributed by atoms with van der Waals surface area (Å²) < 4.78 is 0. The third-order valence-electron chi connectivity index (χ3n) is 1.62. The molecule has 0 aliphatic carbocycles. The molecule has 0 atom stereocenters.